The van der Waals surface area contributed by atoms with Gasteiger partial charge in [-0.05, 0) is 55.7 Å². The van der Waals surface area contributed by atoms with E-state index in [1.54, 1.807) is 0 Å². The summed E-state index contributed by atoms with van der Waals surface area (Å²) in [5, 5.41) is 0. The Morgan fingerprint density at radius 1 is 1.35 bits per heavy atom. The summed E-state index contributed by atoms with van der Waals surface area (Å²) < 4.78 is 5.95. The third kappa shape index (κ3) is 2.09. The van der Waals surface area contributed by atoms with Crippen LogP contribution in [0.15, 0.2) is 24.5 Å². The fraction of sp³-hybridized carbons (Fsp3) is 0.643. The molecule has 1 aromatic heterocycles. The molecule has 3 rings (SSSR count). The maximum atomic E-state index is 6.39. The number of hydrogen-bond donors (Lipinski definition) is 1. The van der Waals surface area contributed by atoms with Gasteiger partial charge in [0.25, 0.3) is 0 Å². The van der Waals surface area contributed by atoms with Gasteiger partial charge in [0, 0.05) is 25.0 Å². The van der Waals surface area contributed by atoms with Crippen molar-refractivity contribution >= 4 is 0 Å². The lowest BCUT2D eigenvalue weighted by Gasteiger charge is -2.48. The maximum Gasteiger partial charge on any atom is 0.0686 e. The van der Waals surface area contributed by atoms with Gasteiger partial charge in [-0.2, -0.15) is 0 Å². The molecule has 2 unspecified atom stereocenters. The van der Waals surface area contributed by atoms with Crippen molar-refractivity contribution < 1.29 is 4.74 Å². The Labute approximate surface area is 102 Å². The molecule has 1 aliphatic heterocycles. The second kappa shape index (κ2) is 4.39. The Kier molecular flexibility index (Phi) is 2.89. The average molecular weight is 232 g/mol. The monoisotopic (exact) mass is 232 g/mol. The van der Waals surface area contributed by atoms with Crippen molar-refractivity contribution in [3.8, 4) is 0 Å². The molecule has 17 heavy (non-hydrogen) atoms. The highest BCUT2D eigenvalue weighted by atomic mass is 16.5. The van der Waals surface area contributed by atoms with Crippen LogP contribution in [0.5, 0.6) is 0 Å². The third-order valence-electron chi connectivity index (χ3n) is 4.39. The number of pyridine rings is 1. The topological polar surface area (TPSA) is 48.1 Å². The number of nitrogens with two attached hydrogens (primary N) is 1. The smallest absolute Gasteiger partial charge is 0.0686 e. The van der Waals surface area contributed by atoms with E-state index in [9.17, 15) is 0 Å². The summed E-state index contributed by atoms with van der Waals surface area (Å²) in [4.78, 5) is 4.05. The van der Waals surface area contributed by atoms with Crippen LogP contribution in [-0.2, 0) is 4.74 Å². The van der Waals surface area contributed by atoms with E-state index in [0.717, 1.165) is 19.4 Å². The van der Waals surface area contributed by atoms with E-state index in [-0.39, 0.29) is 11.6 Å². The summed E-state index contributed by atoms with van der Waals surface area (Å²) in [5.74, 6) is 0.562. The first-order valence-electron chi connectivity index (χ1n) is 6.59. The molecule has 2 fully saturated rings. The predicted molar refractivity (Wildman–Crippen MR) is 66.4 cm³/mol. The first-order valence-corrected chi connectivity index (χ1v) is 6.59. The molecule has 0 radical (unpaired) electrons. The summed E-state index contributed by atoms with van der Waals surface area (Å²) in [6, 6.07) is 4.21. The van der Waals surface area contributed by atoms with Crippen LogP contribution in [0.1, 0.15) is 43.7 Å². The Bertz CT molecular complexity index is 375. The third-order valence-corrected chi connectivity index (χ3v) is 4.39. The van der Waals surface area contributed by atoms with Gasteiger partial charge in [0.15, 0.2) is 0 Å². The van der Waals surface area contributed by atoms with Crippen LogP contribution in [0, 0.1) is 5.92 Å². The summed E-state index contributed by atoms with van der Waals surface area (Å²) in [5.41, 5.74) is 7.78. The van der Waals surface area contributed by atoms with E-state index >= 15 is 0 Å². The van der Waals surface area contributed by atoms with E-state index in [1.807, 2.05) is 24.5 Å². The highest BCUT2D eigenvalue weighted by molar-refractivity contribution is 5.16. The summed E-state index contributed by atoms with van der Waals surface area (Å²) in [7, 11) is 0. The fourth-order valence-electron chi connectivity index (χ4n) is 3.15. The van der Waals surface area contributed by atoms with Gasteiger partial charge < -0.3 is 10.5 Å². The van der Waals surface area contributed by atoms with Crippen molar-refractivity contribution in [1.82, 2.24) is 4.98 Å². The van der Waals surface area contributed by atoms with Crippen LogP contribution in [0.2, 0.25) is 0 Å². The molecule has 2 heterocycles. The molecule has 1 aromatic rings. The lowest BCUT2D eigenvalue weighted by atomic mass is 9.70. The van der Waals surface area contributed by atoms with Crippen LogP contribution >= 0.6 is 0 Å². The molecule has 1 saturated heterocycles. The van der Waals surface area contributed by atoms with Crippen LogP contribution in [0.25, 0.3) is 0 Å². The molecule has 2 atom stereocenters. The predicted octanol–water partition coefficient (Wildman–Crippen LogP) is 2.43. The van der Waals surface area contributed by atoms with E-state index < -0.39 is 0 Å². The zero-order valence-electron chi connectivity index (χ0n) is 10.1. The normalized spacial score (nSPS) is 28.6. The molecule has 3 heteroatoms. The van der Waals surface area contributed by atoms with Crippen molar-refractivity contribution in [2.45, 2.75) is 43.7 Å². The van der Waals surface area contributed by atoms with Gasteiger partial charge in [-0.1, -0.05) is 0 Å². The lowest BCUT2D eigenvalue weighted by molar-refractivity contribution is -0.146. The molecular weight excluding hydrogens is 212 g/mol. The van der Waals surface area contributed by atoms with Crippen LogP contribution in [0.4, 0.5) is 0 Å². The molecule has 0 amide bonds. The number of ether oxygens (including phenoxy) is 1. The standard InChI is InChI=1S/C14H20N2O/c15-13(11-2-7-16-8-3-11)12-4-9-17-14(10-12)5-1-6-14/h2-3,7-8,12-13H,1,4-6,9-10,15H2. The molecule has 1 aliphatic carbocycles. The van der Waals surface area contributed by atoms with Gasteiger partial charge in [-0.3, -0.25) is 4.98 Å². The summed E-state index contributed by atoms with van der Waals surface area (Å²) in [6.07, 6.45) is 9.65. The zero-order valence-corrected chi connectivity index (χ0v) is 10.1. The highest BCUT2D eigenvalue weighted by Gasteiger charge is 2.43. The molecular formula is C14H20N2O. The first-order chi connectivity index (χ1) is 8.29. The number of aromatic nitrogens is 1. The highest BCUT2D eigenvalue weighted by Crippen LogP contribution is 2.46. The van der Waals surface area contributed by atoms with Crippen molar-refractivity contribution in [2.75, 3.05) is 6.61 Å². The Balaban J connectivity index is 1.71. The van der Waals surface area contributed by atoms with E-state index in [2.05, 4.69) is 4.98 Å². The van der Waals surface area contributed by atoms with Crippen molar-refractivity contribution in [2.24, 2.45) is 11.7 Å². The molecule has 1 saturated carbocycles. The van der Waals surface area contributed by atoms with Gasteiger partial charge in [0.2, 0.25) is 0 Å². The Hall–Kier alpha value is -0.930. The van der Waals surface area contributed by atoms with E-state index in [4.69, 9.17) is 10.5 Å². The Morgan fingerprint density at radius 3 is 2.76 bits per heavy atom. The average Bonchev–Trinajstić information content (AvgIpc) is 2.37. The molecule has 1 spiro atoms. The summed E-state index contributed by atoms with van der Waals surface area (Å²) in [6.45, 7) is 0.878. The molecule has 0 bridgehead atoms. The second-order valence-electron chi connectivity index (χ2n) is 5.44. The first kappa shape index (κ1) is 11.2. The molecule has 2 aliphatic rings. The van der Waals surface area contributed by atoms with Crippen molar-refractivity contribution in [1.29, 1.82) is 0 Å². The van der Waals surface area contributed by atoms with Crippen molar-refractivity contribution in [3.05, 3.63) is 30.1 Å². The van der Waals surface area contributed by atoms with Gasteiger partial charge in [-0.15, -0.1) is 0 Å². The van der Waals surface area contributed by atoms with Crippen LogP contribution < -0.4 is 5.73 Å². The van der Waals surface area contributed by atoms with E-state index in [1.165, 1.54) is 24.8 Å². The lowest BCUT2D eigenvalue weighted by Crippen LogP contribution is -2.47. The number of hydrogen-bond acceptors (Lipinski definition) is 3. The fourth-order valence-corrected chi connectivity index (χ4v) is 3.15. The SMILES string of the molecule is NC(c1ccncc1)C1CCOC2(CCC2)C1. The number of nitrogens with zero attached hydrogens (tertiary/aromatic N) is 1. The van der Waals surface area contributed by atoms with Crippen molar-refractivity contribution in [3.63, 3.8) is 0 Å². The molecule has 92 valence electrons. The minimum atomic E-state index is 0.138. The molecule has 3 nitrogen and oxygen atoms in total. The number of rotatable bonds is 2. The van der Waals surface area contributed by atoms with Gasteiger partial charge >= 0.3 is 0 Å². The van der Waals surface area contributed by atoms with Crippen LogP contribution in [-0.4, -0.2) is 17.2 Å². The second-order valence-corrected chi connectivity index (χ2v) is 5.44. The molecule has 0 aromatic carbocycles. The minimum Gasteiger partial charge on any atom is -0.375 e. The largest absolute Gasteiger partial charge is 0.375 e. The van der Waals surface area contributed by atoms with Gasteiger partial charge in [0.1, 0.15) is 0 Å². The van der Waals surface area contributed by atoms with Gasteiger partial charge in [0.05, 0.1) is 5.60 Å². The van der Waals surface area contributed by atoms with E-state index in [0.29, 0.717) is 5.92 Å². The maximum absolute atomic E-state index is 6.39. The summed E-state index contributed by atoms with van der Waals surface area (Å²) >= 11 is 0. The van der Waals surface area contributed by atoms with Gasteiger partial charge in [-0.25, -0.2) is 0 Å². The van der Waals surface area contributed by atoms with Crippen LogP contribution in [0.3, 0.4) is 0 Å². The zero-order chi connectivity index (χ0) is 11.7. The Morgan fingerprint density at radius 2 is 2.12 bits per heavy atom. The quantitative estimate of drug-likeness (QED) is 0.852. The molecule has 2 N–H and O–H groups in total. The minimum absolute atomic E-state index is 0.138.